The average Bonchev–Trinajstić information content (AvgIpc) is 2.32. The predicted octanol–water partition coefficient (Wildman–Crippen LogP) is 2.95. The number of rotatable bonds is 2. The zero-order valence-corrected chi connectivity index (χ0v) is 11.6. The minimum atomic E-state index is -0.371. The summed E-state index contributed by atoms with van der Waals surface area (Å²) in [5.41, 5.74) is 1.76. The Labute approximate surface area is 112 Å². The Bertz CT molecular complexity index is 558. The van der Waals surface area contributed by atoms with Crippen LogP contribution in [0.1, 0.15) is 54.6 Å². The number of Topliss-reactive ketones (excluding diaryl/α,β-unsaturated/α-hetero) is 1. The molecule has 102 valence electrons. The van der Waals surface area contributed by atoms with Gasteiger partial charge >= 0.3 is 5.97 Å². The molecule has 0 amide bonds. The van der Waals surface area contributed by atoms with Gasteiger partial charge in [-0.3, -0.25) is 9.59 Å². The summed E-state index contributed by atoms with van der Waals surface area (Å²) in [5.74, 6) is -0.519. The van der Waals surface area contributed by atoms with E-state index in [1.165, 1.54) is 0 Å². The van der Waals surface area contributed by atoms with Crippen LogP contribution in [0.5, 0.6) is 11.5 Å². The van der Waals surface area contributed by atoms with Crippen LogP contribution in [0.3, 0.4) is 0 Å². The Hall–Kier alpha value is -1.84. The van der Waals surface area contributed by atoms with Crippen LogP contribution < -0.4 is 4.74 Å². The van der Waals surface area contributed by atoms with Gasteiger partial charge in [-0.2, -0.15) is 0 Å². The maximum absolute atomic E-state index is 12.3. The first-order valence-electron chi connectivity index (χ1n) is 6.44. The zero-order chi connectivity index (χ0) is 14.3. The number of esters is 1. The van der Waals surface area contributed by atoms with Crippen molar-refractivity contribution in [2.75, 3.05) is 0 Å². The van der Waals surface area contributed by atoms with Gasteiger partial charge in [0.2, 0.25) is 0 Å². The smallest absolute Gasteiger partial charge is 0.311 e. The highest BCUT2D eigenvalue weighted by Crippen LogP contribution is 2.44. The first kappa shape index (κ1) is 13.6. The molecule has 1 aliphatic rings. The molecule has 1 N–H and O–H groups in total. The molecule has 1 aliphatic heterocycles. The van der Waals surface area contributed by atoms with Crippen LogP contribution in [0.15, 0.2) is 6.07 Å². The highest BCUT2D eigenvalue weighted by Gasteiger charge is 2.32. The van der Waals surface area contributed by atoms with Crippen LogP contribution >= 0.6 is 0 Å². The summed E-state index contributed by atoms with van der Waals surface area (Å²) in [6.45, 7) is 7.22. The number of phenols is 1. The quantitative estimate of drug-likeness (QED) is 0.505. The zero-order valence-electron chi connectivity index (χ0n) is 11.6. The first-order valence-corrected chi connectivity index (χ1v) is 6.44. The monoisotopic (exact) mass is 262 g/mol. The highest BCUT2D eigenvalue weighted by atomic mass is 16.5. The second kappa shape index (κ2) is 4.68. The molecule has 1 heterocycles. The van der Waals surface area contributed by atoms with Crippen molar-refractivity contribution in [1.29, 1.82) is 0 Å². The Balaban J connectivity index is 2.70. The van der Waals surface area contributed by atoms with Gasteiger partial charge in [-0.15, -0.1) is 0 Å². The molecule has 19 heavy (non-hydrogen) atoms. The van der Waals surface area contributed by atoms with Gasteiger partial charge in [0.25, 0.3) is 0 Å². The largest absolute Gasteiger partial charge is 0.504 e. The molecule has 1 atom stereocenters. The summed E-state index contributed by atoms with van der Waals surface area (Å²) >= 11 is 0. The fraction of sp³-hybridized carbons (Fsp3) is 0.467. The van der Waals surface area contributed by atoms with Crippen molar-refractivity contribution in [2.45, 2.75) is 40.0 Å². The molecule has 0 aromatic heterocycles. The number of ketones is 1. The molecule has 1 aromatic carbocycles. The number of carbonyl (C=O) groups excluding carboxylic acids is 2. The normalized spacial score (nSPS) is 18.2. The van der Waals surface area contributed by atoms with Crippen LogP contribution in [0.2, 0.25) is 0 Å². The molecule has 0 radical (unpaired) electrons. The lowest BCUT2D eigenvalue weighted by Crippen LogP contribution is -2.22. The molecular weight excluding hydrogens is 244 g/mol. The van der Waals surface area contributed by atoms with Crippen molar-refractivity contribution in [3.05, 3.63) is 22.8 Å². The lowest BCUT2D eigenvalue weighted by Gasteiger charge is -2.26. The third kappa shape index (κ3) is 2.23. The molecular formula is C15H18O4. The highest BCUT2D eigenvalue weighted by molar-refractivity contribution is 6.01. The van der Waals surface area contributed by atoms with E-state index in [1.807, 2.05) is 20.8 Å². The topological polar surface area (TPSA) is 63.6 Å². The van der Waals surface area contributed by atoms with Crippen molar-refractivity contribution >= 4 is 11.8 Å². The molecule has 0 spiro atoms. The number of aryl methyl sites for hydroxylation is 1. The van der Waals surface area contributed by atoms with Gasteiger partial charge in [-0.1, -0.05) is 20.8 Å². The maximum Gasteiger partial charge on any atom is 0.311 e. The van der Waals surface area contributed by atoms with Gasteiger partial charge in [0.1, 0.15) is 0 Å². The molecule has 4 heteroatoms. The standard InChI is InChI=1S/C15H18O4/c1-7(2)13(17)10-5-9(4)14(18)15-12(10)8(3)6-11(16)19-15/h5,7-8,18H,6H2,1-4H3/t8-/m0/s1. The van der Waals surface area contributed by atoms with Crippen molar-refractivity contribution in [3.8, 4) is 11.5 Å². The molecule has 0 bridgehead atoms. The van der Waals surface area contributed by atoms with Crippen LogP contribution in [-0.2, 0) is 4.79 Å². The van der Waals surface area contributed by atoms with Gasteiger partial charge in [0.05, 0.1) is 6.42 Å². The van der Waals surface area contributed by atoms with E-state index in [0.29, 0.717) is 16.7 Å². The van der Waals surface area contributed by atoms with Gasteiger partial charge in [0.15, 0.2) is 17.3 Å². The minimum absolute atomic E-state index is 0.00384. The maximum atomic E-state index is 12.3. The number of fused-ring (bicyclic) bond motifs is 1. The van der Waals surface area contributed by atoms with Gasteiger partial charge in [-0.05, 0) is 24.5 Å². The first-order chi connectivity index (χ1) is 8.82. The summed E-state index contributed by atoms with van der Waals surface area (Å²) < 4.78 is 5.14. The molecule has 0 saturated heterocycles. The predicted molar refractivity (Wildman–Crippen MR) is 70.7 cm³/mol. The second-order valence-corrected chi connectivity index (χ2v) is 5.43. The average molecular weight is 262 g/mol. The van der Waals surface area contributed by atoms with Crippen LogP contribution in [-0.4, -0.2) is 16.9 Å². The van der Waals surface area contributed by atoms with E-state index in [-0.39, 0.29) is 41.5 Å². The Morgan fingerprint density at radius 2 is 2.11 bits per heavy atom. The summed E-state index contributed by atoms with van der Waals surface area (Å²) in [6.07, 6.45) is 0.230. The molecule has 2 rings (SSSR count). The number of hydrogen-bond acceptors (Lipinski definition) is 4. The van der Waals surface area contributed by atoms with Gasteiger partial charge in [-0.25, -0.2) is 0 Å². The van der Waals surface area contributed by atoms with E-state index in [2.05, 4.69) is 0 Å². The summed E-state index contributed by atoms with van der Waals surface area (Å²) in [4.78, 5) is 23.8. The number of ether oxygens (including phenoxy) is 1. The van der Waals surface area contributed by atoms with Crippen molar-refractivity contribution in [1.82, 2.24) is 0 Å². The number of hydrogen-bond donors (Lipinski definition) is 1. The molecule has 0 aliphatic carbocycles. The molecule has 1 aromatic rings. The lowest BCUT2D eigenvalue weighted by molar-refractivity contribution is -0.135. The lowest BCUT2D eigenvalue weighted by atomic mass is 9.85. The number of benzene rings is 1. The van der Waals surface area contributed by atoms with Crippen molar-refractivity contribution in [3.63, 3.8) is 0 Å². The Morgan fingerprint density at radius 1 is 1.47 bits per heavy atom. The third-order valence-electron chi connectivity index (χ3n) is 3.46. The number of carbonyl (C=O) groups is 2. The molecule has 0 fully saturated rings. The number of phenolic OH excluding ortho intramolecular Hbond substituents is 1. The van der Waals surface area contributed by atoms with E-state index in [1.54, 1.807) is 13.0 Å². The van der Waals surface area contributed by atoms with Gasteiger partial charge < -0.3 is 9.84 Å². The minimum Gasteiger partial charge on any atom is -0.504 e. The number of aromatic hydroxyl groups is 1. The molecule has 4 nitrogen and oxygen atoms in total. The Kier molecular flexibility index (Phi) is 3.35. The fourth-order valence-electron chi connectivity index (χ4n) is 2.41. The fourth-order valence-corrected chi connectivity index (χ4v) is 2.41. The third-order valence-corrected chi connectivity index (χ3v) is 3.46. The van der Waals surface area contributed by atoms with Crippen LogP contribution in [0.25, 0.3) is 0 Å². The molecule has 0 unspecified atom stereocenters. The summed E-state index contributed by atoms with van der Waals surface area (Å²) in [6, 6.07) is 1.69. The van der Waals surface area contributed by atoms with E-state index < -0.39 is 0 Å². The summed E-state index contributed by atoms with van der Waals surface area (Å²) in [5, 5.41) is 10.0. The van der Waals surface area contributed by atoms with Crippen molar-refractivity contribution < 1.29 is 19.4 Å². The van der Waals surface area contributed by atoms with E-state index >= 15 is 0 Å². The van der Waals surface area contributed by atoms with E-state index in [0.717, 1.165) is 0 Å². The van der Waals surface area contributed by atoms with E-state index in [4.69, 9.17) is 4.74 Å². The molecule has 0 saturated carbocycles. The van der Waals surface area contributed by atoms with Gasteiger partial charge in [0, 0.05) is 17.0 Å². The van der Waals surface area contributed by atoms with Crippen LogP contribution in [0.4, 0.5) is 0 Å². The van der Waals surface area contributed by atoms with Crippen molar-refractivity contribution in [2.24, 2.45) is 5.92 Å². The van der Waals surface area contributed by atoms with E-state index in [9.17, 15) is 14.7 Å². The Morgan fingerprint density at radius 3 is 2.68 bits per heavy atom. The van der Waals surface area contributed by atoms with Crippen LogP contribution in [0, 0.1) is 12.8 Å². The second-order valence-electron chi connectivity index (χ2n) is 5.43. The SMILES string of the molecule is Cc1cc(C(=O)C(C)C)c2c(c1O)OC(=O)C[C@@H]2C. The summed E-state index contributed by atoms with van der Waals surface area (Å²) in [7, 11) is 0.